The molecule has 1 aliphatic rings. The molecule has 0 unspecified atom stereocenters. The van der Waals surface area contributed by atoms with Crippen LogP contribution in [0.3, 0.4) is 0 Å². The lowest BCUT2D eigenvalue weighted by Crippen LogP contribution is -2.29. The number of sulfonamides is 1. The Kier molecular flexibility index (Phi) is 6.44. The van der Waals surface area contributed by atoms with E-state index in [0.29, 0.717) is 31.1 Å². The number of hydrogen-bond donors (Lipinski definition) is 0. The van der Waals surface area contributed by atoms with E-state index in [1.165, 1.54) is 34.5 Å². The molecule has 3 rings (SSSR count). The lowest BCUT2D eigenvalue weighted by atomic mass is 10.1. The van der Waals surface area contributed by atoms with Crippen molar-refractivity contribution in [2.75, 3.05) is 34.4 Å². The second-order valence-corrected chi connectivity index (χ2v) is 8.88. The minimum atomic E-state index is -3.63. The highest BCUT2D eigenvalue weighted by atomic mass is 32.2. The number of carbonyl (C=O) groups excluding carboxylic acids is 1. The Morgan fingerprint density at radius 1 is 1.03 bits per heavy atom. The summed E-state index contributed by atoms with van der Waals surface area (Å²) < 4.78 is 37.9. The summed E-state index contributed by atoms with van der Waals surface area (Å²) in [7, 11) is 1.07. The highest BCUT2D eigenvalue weighted by Gasteiger charge is 2.29. The van der Waals surface area contributed by atoms with Crippen LogP contribution in [0.15, 0.2) is 47.4 Å². The van der Waals surface area contributed by atoms with Crippen molar-refractivity contribution < 1.29 is 22.7 Å². The predicted octanol–water partition coefficient (Wildman–Crippen LogP) is 2.76. The molecular formula is C21H26N2O5S. The molecule has 1 aliphatic heterocycles. The van der Waals surface area contributed by atoms with Gasteiger partial charge in [0.1, 0.15) is 11.5 Å². The zero-order valence-corrected chi connectivity index (χ0v) is 17.7. The Morgan fingerprint density at radius 3 is 2.34 bits per heavy atom. The summed E-state index contributed by atoms with van der Waals surface area (Å²) in [6.45, 7) is 1.33. The van der Waals surface area contributed by atoms with E-state index in [-0.39, 0.29) is 16.4 Å². The third-order valence-corrected chi connectivity index (χ3v) is 6.95. The van der Waals surface area contributed by atoms with E-state index >= 15 is 0 Å². The zero-order valence-electron chi connectivity index (χ0n) is 16.9. The first kappa shape index (κ1) is 21.1. The minimum absolute atomic E-state index is 0.106. The van der Waals surface area contributed by atoms with Gasteiger partial charge in [0, 0.05) is 32.2 Å². The van der Waals surface area contributed by atoms with Crippen LogP contribution in [-0.4, -0.2) is 57.9 Å². The molecule has 1 heterocycles. The first-order valence-electron chi connectivity index (χ1n) is 9.44. The summed E-state index contributed by atoms with van der Waals surface area (Å²) in [5.74, 6) is 0.693. The quantitative estimate of drug-likeness (QED) is 0.691. The molecule has 156 valence electrons. The van der Waals surface area contributed by atoms with Gasteiger partial charge in [-0.05, 0) is 37.1 Å². The Labute approximate surface area is 171 Å². The van der Waals surface area contributed by atoms with Gasteiger partial charge < -0.3 is 14.4 Å². The number of nitrogens with zero attached hydrogens (tertiary/aromatic N) is 2. The fraction of sp³-hybridized carbons (Fsp3) is 0.381. The molecule has 1 amide bonds. The summed E-state index contributed by atoms with van der Waals surface area (Å²) in [6, 6.07) is 11.9. The van der Waals surface area contributed by atoms with Crippen molar-refractivity contribution in [3.05, 3.63) is 53.6 Å². The molecule has 2 aromatic rings. The van der Waals surface area contributed by atoms with Gasteiger partial charge in [-0.15, -0.1) is 0 Å². The highest BCUT2D eigenvalue weighted by Crippen LogP contribution is 2.28. The van der Waals surface area contributed by atoms with E-state index in [2.05, 4.69) is 0 Å². The molecule has 0 atom stereocenters. The third-order valence-electron chi connectivity index (χ3n) is 5.05. The largest absolute Gasteiger partial charge is 0.496 e. The lowest BCUT2D eigenvalue weighted by molar-refractivity contribution is 0.0780. The Bertz CT molecular complexity index is 984. The second-order valence-electron chi connectivity index (χ2n) is 6.95. The minimum Gasteiger partial charge on any atom is -0.496 e. The molecule has 0 aromatic heterocycles. The van der Waals surface area contributed by atoms with Crippen LogP contribution < -0.4 is 9.47 Å². The van der Waals surface area contributed by atoms with Gasteiger partial charge in [-0.3, -0.25) is 4.79 Å². The van der Waals surface area contributed by atoms with Crippen LogP contribution in [0.4, 0.5) is 0 Å². The standard InChI is InChI=1S/C21H26N2O5S/c1-22(15-16-8-4-5-9-19(16)27-2)21(24)18-14-17(10-11-20(18)28-3)29(25,26)23-12-6-7-13-23/h4-5,8-11,14H,6-7,12-13,15H2,1-3H3. The first-order valence-corrected chi connectivity index (χ1v) is 10.9. The number of amides is 1. The molecule has 0 saturated carbocycles. The summed E-state index contributed by atoms with van der Waals surface area (Å²) in [5.41, 5.74) is 1.07. The van der Waals surface area contributed by atoms with Crippen LogP contribution in [0.5, 0.6) is 11.5 Å². The van der Waals surface area contributed by atoms with E-state index < -0.39 is 10.0 Å². The van der Waals surface area contributed by atoms with E-state index in [1.807, 2.05) is 24.3 Å². The molecule has 0 radical (unpaired) electrons. The predicted molar refractivity (Wildman–Crippen MR) is 110 cm³/mol. The van der Waals surface area contributed by atoms with Crippen molar-refractivity contribution in [3.8, 4) is 11.5 Å². The van der Waals surface area contributed by atoms with Gasteiger partial charge in [-0.2, -0.15) is 4.31 Å². The third kappa shape index (κ3) is 4.38. The lowest BCUT2D eigenvalue weighted by Gasteiger charge is -2.21. The summed E-state index contributed by atoms with van der Waals surface area (Å²) >= 11 is 0. The van der Waals surface area contributed by atoms with Crippen molar-refractivity contribution in [2.24, 2.45) is 0 Å². The van der Waals surface area contributed by atoms with Crippen molar-refractivity contribution in [1.29, 1.82) is 0 Å². The molecule has 1 fully saturated rings. The van der Waals surface area contributed by atoms with Crippen molar-refractivity contribution in [3.63, 3.8) is 0 Å². The molecule has 7 nitrogen and oxygen atoms in total. The van der Waals surface area contributed by atoms with Gasteiger partial charge in [0.2, 0.25) is 10.0 Å². The normalized spacial score (nSPS) is 14.6. The molecule has 0 spiro atoms. The molecule has 1 saturated heterocycles. The average Bonchev–Trinajstić information content (AvgIpc) is 3.29. The van der Waals surface area contributed by atoms with Gasteiger partial charge in [-0.1, -0.05) is 18.2 Å². The molecule has 2 aromatic carbocycles. The Morgan fingerprint density at radius 2 is 1.69 bits per heavy atom. The van der Waals surface area contributed by atoms with Gasteiger partial charge in [0.25, 0.3) is 5.91 Å². The number of methoxy groups -OCH3 is 2. The van der Waals surface area contributed by atoms with E-state index in [4.69, 9.17) is 9.47 Å². The molecule has 0 N–H and O–H groups in total. The van der Waals surface area contributed by atoms with Crippen LogP contribution in [0.1, 0.15) is 28.8 Å². The molecule has 8 heteroatoms. The summed E-state index contributed by atoms with van der Waals surface area (Å²) in [6.07, 6.45) is 1.70. The maximum absolute atomic E-state index is 13.1. The van der Waals surface area contributed by atoms with Crippen molar-refractivity contribution >= 4 is 15.9 Å². The average molecular weight is 419 g/mol. The van der Waals surface area contributed by atoms with Crippen LogP contribution in [0.25, 0.3) is 0 Å². The van der Waals surface area contributed by atoms with E-state index in [0.717, 1.165) is 18.4 Å². The number of benzene rings is 2. The van der Waals surface area contributed by atoms with Gasteiger partial charge in [0.05, 0.1) is 24.7 Å². The first-order chi connectivity index (χ1) is 13.9. The SMILES string of the molecule is COc1ccccc1CN(C)C(=O)c1cc(S(=O)(=O)N2CCCC2)ccc1OC. The number of para-hydroxylation sites is 1. The molecule has 0 bridgehead atoms. The van der Waals surface area contributed by atoms with Crippen LogP contribution >= 0.6 is 0 Å². The topological polar surface area (TPSA) is 76.2 Å². The van der Waals surface area contributed by atoms with Gasteiger partial charge >= 0.3 is 0 Å². The monoisotopic (exact) mass is 418 g/mol. The smallest absolute Gasteiger partial charge is 0.257 e. The number of carbonyl (C=O) groups is 1. The van der Waals surface area contributed by atoms with Crippen LogP contribution in [-0.2, 0) is 16.6 Å². The van der Waals surface area contributed by atoms with Crippen LogP contribution in [0.2, 0.25) is 0 Å². The van der Waals surface area contributed by atoms with E-state index in [9.17, 15) is 13.2 Å². The summed E-state index contributed by atoms with van der Waals surface area (Å²) in [4.78, 5) is 14.7. The van der Waals surface area contributed by atoms with E-state index in [1.54, 1.807) is 14.2 Å². The fourth-order valence-electron chi connectivity index (χ4n) is 3.46. The highest BCUT2D eigenvalue weighted by molar-refractivity contribution is 7.89. The second kappa shape index (κ2) is 8.84. The van der Waals surface area contributed by atoms with Crippen molar-refractivity contribution in [1.82, 2.24) is 9.21 Å². The van der Waals surface area contributed by atoms with Crippen molar-refractivity contribution in [2.45, 2.75) is 24.3 Å². The van der Waals surface area contributed by atoms with Gasteiger partial charge in [0.15, 0.2) is 0 Å². The summed E-state index contributed by atoms with van der Waals surface area (Å²) in [5, 5.41) is 0. The van der Waals surface area contributed by atoms with Crippen LogP contribution in [0, 0.1) is 0 Å². The number of hydrogen-bond acceptors (Lipinski definition) is 5. The zero-order chi connectivity index (χ0) is 21.0. The molecule has 0 aliphatic carbocycles. The fourth-order valence-corrected chi connectivity index (χ4v) is 5.00. The maximum Gasteiger partial charge on any atom is 0.257 e. The maximum atomic E-state index is 13.1. The Balaban J connectivity index is 1.90. The number of ether oxygens (including phenoxy) is 2. The number of rotatable bonds is 7. The van der Waals surface area contributed by atoms with Gasteiger partial charge in [-0.25, -0.2) is 8.42 Å². The molecular weight excluding hydrogens is 392 g/mol. The molecule has 29 heavy (non-hydrogen) atoms. The Hall–Kier alpha value is -2.58.